The summed E-state index contributed by atoms with van der Waals surface area (Å²) < 4.78 is 11.0. The lowest BCUT2D eigenvalue weighted by Gasteiger charge is -2.26. The molecule has 6 nitrogen and oxygen atoms in total. The molecule has 1 saturated heterocycles. The quantitative estimate of drug-likeness (QED) is 0.739. The summed E-state index contributed by atoms with van der Waals surface area (Å²) in [5.41, 5.74) is 1.33. The summed E-state index contributed by atoms with van der Waals surface area (Å²) in [7, 11) is 0. The van der Waals surface area contributed by atoms with E-state index in [2.05, 4.69) is 48.4 Å². The van der Waals surface area contributed by atoms with E-state index < -0.39 is 0 Å². The fourth-order valence-corrected chi connectivity index (χ4v) is 2.60. The van der Waals surface area contributed by atoms with Crippen LogP contribution in [-0.4, -0.2) is 63.5 Å². The van der Waals surface area contributed by atoms with Gasteiger partial charge in [0.25, 0.3) is 0 Å². The summed E-state index contributed by atoms with van der Waals surface area (Å²) in [6, 6.07) is 7.95. The number of hydrogen-bond donors (Lipinski definition) is 2. The van der Waals surface area contributed by atoms with Gasteiger partial charge in [0.05, 0.1) is 19.8 Å². The molecule has 0 aromatic heterocycles. The molecule has 1 fully saturated rings. The summed E-state index contributed by atoms with van der Waals surface area (Å²) in [6.45, 7) is 12.4. The molecule has 0 aliphatic carbocycles. The number of ether oxygens (including phenoxy) is 2. The van der Waals surface area contributed by atoms with E-state index in [4.69, 9.17) is 9.47 Å². The van der Waals surface area contributed by atoms with E-state index in [-0.39, 0.29) is 11.4 Å². The molecule has 1 heterocycles. The molecule has 2 N–H and O–H groups in total. The minimum absolute atomic E-state index is 0.0952. The third kappa shape index (κ3) is 7.32. The van der Waals surface area contributed by atoms with Gasteiger partial charge in [-0.25, -0.2) is 4.79 Å². The molecule has 2 amide bonds. The maximum absolute atomic E-state index is 11.8. The average molecular weight is 349 g/mol. The smallest absolute Gasteiger partial charge is 0.314 e. The number of morpholine rings is 1. The van der Waals surface area contributed by atoms with Crippen molar-refractivity contribution in [2.75, 3.05) is 52.5 Å². The molecule has 0 bridgehead atoms. The SMILES string of the molecule is CC(C)(C)c1cccc(OCCNC(=O)NCCN2CCOCC2)c1. The summed E-state index contributed by atoms with van der Waals surface area (Å²) in [5.74, 6) is 0.835. The van der Waals surface area contributed by atoms with Crippen molar-refractivity contribution in [3.63, 3.8) is 0 Å². The Hall–Kier alpha value is -1.79. The molecule has 1 aliphatic rings. The summed E-state index contributed by atoms with van der Waals surface area (Å²) in [4.78, 5) is 14.0. The zero-order valence-electron chi connectivity index (χ0n) is 15.6. The second-order valence-electron chi connectivity index (χ2n) is 7.26. The van der Waals surface area contributed by atoms with Crippen LogP contribution in [0.25, 0.3) is 0 Å². The van der Waals surface area contributed by atoms with Crippen molar-refractivity contribution < 1.29 is 14.3 Å². The molecule has 25 heavy (non-hydrogen) atoms. The lowest BCUT2D eigenvalue weighted by molar-refractivity contribution is 0.0387. The number of amides is 2. The Morgan fingerprint density at radius 3 is 2.64 bits per heavy atom. The topological polar surface area (TPSA) is 62.8 Å². The van der Waals surface area contributed by atoms with Gasteiger partial charge in [0.15, 0.2) is 0 Å². The lowest BCUT2D eigenvalue weighted by Crippen LogP contribution is -2.44. The van der Waals surface area contributed by atoms with E-state index in [1.165, 1.54) is 5.56 Å². The van der Waals surface area contributed by atoms with E-state index in [0.29, 0.717) is 19.7 Å². The Morgan fingerprint density at radius 1 is 1.20 bits per heavy atom. The Labute approximate surface area is 150 Å². The van der Waals surface area contributed by atoms with Crippen LogP contribution in [0.1, 0.15) is 26.3 Å². The maximum atomic E-state index is 11.8. The van der Waals surface area contributed by atoms with E-state index >= 15 is 0 Å². The first-order chi connectivity index (χ1) is 11.9. The number of nitrogens with one attached hydrogen (secondary N) is 2. The zero-order chi connectivity index (χ0) is 18.1. The van der Waals surface area contributed by atoms with Gasteiger partial charge in [0, 0.05) is 26.2 Å². The second kappa shape index (κ2) is 9.63. The molecule has 0 unspecified atom stereocenters. The van der Waals surface area contributed by atoms with Crippen LogP contribution in [0.15, 0.2) is 24.3 Å². The molecule has 1 aromatic rings. The van der Waals surface area contributed by atoms with Crippen LogP contribution in [0.5, 0.6) is 5.75 Å². The van der Waals surface area contributed by atoms with Crippen molar-refractivity contribution >= 4 is 6.03 Å². The largest absolute Gasteiger partial charge is 0.492 e. The van der Waals surface area contributed by atoms with E-state index in [1.807, 2.05) is 12.1 Å². The summed E-state index contributed by atoms with van der Waals surface area (Å²) in [5, 5.41) is 5.69. The first kappa shape index (κ1) is 19.5. The molecule has 0 spiro atoms. The lowest BCUT2D eigenvalue weighted by atomic mass is 9.87. The van der Waals surface area contributed by atoms with Crippen LogP contribution in [0.2, 0.25) is 0 Å². The molecule has 0 atom stereocenters. The molecular formula is C19H31N3O3. The van der Waals surface area contributed by atoms with Gasteiger partial charge >= 0.3 is 6.03 Å². The van der Waals surface area contributed by atoms with Gasteiger partial charge < -0.3 is 20.1 Å². The number of rotatable bonds is 7. The fourth-order valence-electron chi connectivity index (χ4n) is 2.60. The zero-order valence-corrected chi connectivity index (χ0v) is 15.6. The van der Waals surface area contributed by atoms with Gasteiger partial charge in [-0.3, -0.25) is 4.90 Å². The number of benzene rings is 1. The van der Waals surface area contributed by atoms with Crippen molar-refractivity contribution in [1.29, 1.82) is 0 Å². The van der Waals surface area contributed by atoms with Crippen LogP contribution in [-0.2, 0) is 10.2 Å². The minimum Gasteiger partial charge on any atom is -0.492 e. The van der Waals surface area contributed by atoms with Crippen LogP contribution >= 0.6 is 0 Å². The predicted molar refractivity (Wildman–Crippen MR) is 99.3 cm³/mol. The van der Waals surface area contributed by atoms with Gasteiger partial charge in [0.2, 0.25) is 0 Å². The minimum atomic E-state index is -0.152. The van der Waals surface area contributed by atoms with Crippen molar-refractivity contribution in [2.45, 2.75) is 26.2 Å². The Bertz CT molecular complexity index is 537. The van der Waals surface area contributed by atoms with Crippen molar-refractivity contribution in [2.24, 2.45) is 0 Å². The average Bonchev–Trinajstić information content (AvgIpc) is 2.59. The highest BCUT2D eigenvalue weighted by atomic mass is 16.5. The Morgan fingerprint density at radius 2 is 1.92 bits per heavy atom. The third-order valence-corrected chi connectivity index (χ3v) is 4.17. The second-order valence-corrected chi connectivity index (χ2v) is 7.26. The van der Waals surface area contributed by atoms with Gasteiger partial charge in [-0.2, -0.15) is 0 Å². The Balaban J connectivity index is 1.58. The highest BCUT2D eigenvalue weighted by Crippen LogP contribution is 2.25. The normalized spacial score (nSPS) is 15.6. The van der Waals surface area contributed by atoms with Crippen molar-refractivity contribution in [1.82, 2.24) is 15.5 Å². The molecule has 6 heteroatoms. The monoisotopic (exact) mass is 349 g/mol. The highest BCUT2D eigenvalue weighted by Gasteiger charge is 2.14. The summed E-state index contributed by atoms with van der Waals surface area (Å²) >= 11 is 0. The first-order valence-electron chi connectivity index (χ1n) is 9.00. The van der Waals surface area contributed by atoms with Gasteiger partial charge in [0.1, 0.15) is 12.4 Å². The highest BCUT2D eigenvalue weighted by molar-refractivity contribution is 5.73. The third-order valence-electron chi connectivity index (χ3n) is 4.17. The van der Waals surface area contributed by atoms with Crippen molar-refractivity contribution in [3.8, 4) is 5.75 Å². The number of nitrogens with zero attached hydrogens (tertiary/aromatic N) is 1. The molecular weight excluding hydrogens is 318 g/mol. The fraction of sp³-hybridized carbons (Fsp3) is 0.632. The summed E-state index contributed by atoms with van der Waals surface area (Å²) in [6.07, 6.45) is 0. The van der Waals surface area contributed by atoms with E-state index in [1.54, 1.807) is 0 Å². The molecule has 2 rings (SSSR count). The molecule has 0 saturated carbocycles. The van der Waals surface area contributed by atoms with Crippen LogP contribution < -0.4 is 15.4 Å². The van der Waals surface area contributed by atoms with E-state index in [9.17, 15) is 4.79 Å². The number of hydrogen-bond acceptors (Lipinski definition) is 4. The number of urea groups is 1. The Kier molecular flexibility index (Phi) is 7.52. The number of carbonyl (C=O) groups is 1. The van der Waals surface area contributed by atoms with Crippen molar-refractivity contribution in [3.05, 3.63) is 29.8 Å². The molecule has 1 aromatic carbocycles. The van der Waals surface area contributed by atoms with Crippen LogP contribution in [0.4, 0.5) is 4.79 Å². The van der Waals surface area contributed by atoms with Gasteiger partial charge in [-0.15, -0.1) is 0 Å². The maximum Gasteiger partial charge on any atom is 0.314 e. The van der Waals surface area contributed by atoms with Gasteiger partial charge in [-0.05, 0) is 23.1 Å². The molecule has 1 aliphatic heterocycles. The van der Waals surface area contributed by atoms with Crippen LogP contribution in [0, 0.1) is 0 Å². The molecule has 0 radical (unpaired) electrons. The van der Waals surface area contributed by atoms with Crippen LogP contribution in [0.3, 0.4) is 0 Å². The van der Waals surface area contributed by atoms with E-state index in [0.717, 1.165) is 38.6 Å². The molecule has 140 valence electrons. The van der Waals surface area contributed by atoms with Gasteiger partial charge in [-0.1, -0.05) is 32.9 Å². The first-order valence-corrected chi connectivity index (χ1v) is 9.00. The standard InChI is InChI=1S/C19H31N3O3/c1-19(2,3)16-5-4-6-17(15-16)25-12-8-21-18(23)20-7-9-22-10-13-24-14-11-22/h4-6,15H,7-14H2,1-3H3,(H2,20,21,23). The number of carbonyl (C=O) groups excluding carboxylic acids is 1. The predicted octanol–water partition coefficient (Wildman–Crippen LogP) is 1.99.